The van der Waals surface area contributed by atoms with Crippen molar-refractivity contribution in [1.82, 2.24) is 0 Å². The molecule has 3 fully saturated rings. The van der Waals surface area contributed by atoms with Crippen molar-refractivity contribution in [3.8, 4) is 0 Å². The van der Waals surface area contributed by atoms with Crippen molar-refractivity contribution < 1.29 is 20.1 Å². The summed E-state index contributed by atoms with van der Waals surface area (Å²) in [5, 5.41) is 33.9. The summed E-state index contributed by atoms with van der Waals surface area (Å²) < 4.78 is 0. The van der Waals surface area contributed by atoms with E-state index < -0.39 is 22.7 Å². The molecule has 0 aromatic carbocycles. The maximum absolute atomic E-state index is 13.3. The molecule has 4 aliphatic rings. The minimum absolute atomic E-state index is 0.0227. The minimum Gasteiger partial charge on any atom is -0.393 e. The fourth-order valence-electron chi connectivity index (χ4n) is 7.91. The van der Waals surface area contributed by atoms with Crippen LogP contribution in [0.2, 0.25) is 0 Å². The van der Waals surface area contributed by atoms with E-state index in [0.717, 1.165) is 24.8 Å². The van der Waals surface area contributed by atoms with Crippen LogP contribution in [0.1, 0.15) is 86.5 Å². The Morgan fingerprint density at radius 2 is 1.66 bits per heavy atom. The second-order valence-electron chi connectivity index (χ2n) is 12.5. The van der Waals surface area contributed by atoms with Gasteiger partial charge in [0.1, 0.15) is 5.60 Å². The van der Waals surface area contributed by atoms with Gasteiger partial charge in [-0.1, -0.05) is 53.7 Å². The summed E-state index contributed by atoms with van der Waals surface area (Å²) in [5.41, 5.74) is -2.90. The molecule has 0 unspecified atom stereocenters. The van der Waals surface area contributed by atoms with Crippen LogP contribution >= 0.6 is 0 Å². The average Bonchev–Trinajstić information content (AvgIpc) is 3.07. The van der Waals surface area contributed by atoms with Crippen molar-refractivity contribution in [2.45, 2.75) is 104 Å². The maximum Gasteiger partial charge on any atom is 0.188 e. The van der Waals surface area contributed by atoms with Crippen LogP contribution < -0.4 is 0 Å². The zero-order chi connectivity index (χ0) is 23.7. The number of ketones is 1. The number of aliphatic hydroxyl groups excluding tert-OH is 1. The van der Waals surface area contributed by atoms with Crippen molar-refractivity contribution in [2.75, 3.05) is 0 Å². The molecule has 4 nitrogen and oxygen atoms in total. The number of carbonyl (C=O) groups excluding carboxylic acids is 1. The van der Waals surface area contributed by atoms with Crippen molar-refractivity contribution in [2.24, 2.45) is 40.4 Å². The Balaban J connectivity index is 1.67. The first-order valence-electron chi connectivity index (χ1n) is 12.9. The smallest absolute Gasteiger partial charge is 0.188 e. The van der Waals surface area contributed by atoms with Gasteiger partial charge in [-0.2, -0.15) is 0 Å². The third kappa shape index (κ3) is 3.15. The molecule has 4 heteroatoms. The molecule has 0 aliphatic heterocycles. The Morgan fingerprint density at radius 3 is 2.31 bits per heavy atom. The van der Waals surface area contributed by atoms with E-state index in [4.69, 9.17) is 0 Å². The summed E-state index contributed by atoms with van der Waals surface area (Å²) in [6, 6.07) is 0. The van der Waals surface area contributed by atoms with E-state index in [1.165, 1.54) is 0 Å². The summed E-state index contributed by atoms with van der Waals surface area (Å²) in [4.78, 5) is 13.3. The van der Waals surface area contributed by atoms with Crippen molar-refractivity contribution in [1.29, 1.82) is 0 Å². The highest BCUT2D eigenvalue weighted by Crippen LogP contribution is 2.68. The molecule has 0 radical (unpaired) electrons. The number of allylic oxidation sites excluding steroid dienone is 2. The molecule has 0 bridgehead atoms. The first-order chi connectivity index (χ1) is 14.8. The monoisotopic (exact) mass is 444 g/mol. The molecule has 0 heterocycles. The van der Waals surface area contributed by atoms with E-state index in [9.17, 15) is 20.1 Å². The molecule has 4 aliphatic carbocycles. The minimum atomic E-state index is -1.68. The molecule has 180 valence electrons. The molecule has 3 saturated carbocycles. The highest BCUT2D eigenvalue weighted by Gasteiger charge is 2.71. The summed E-state index contributed by atoms with van der Waals surface area (Å²) in [5.74, 6) is 2.01. The zero-order valence-electron chi connectivity index (χ0n) is 20.9. The third-order valence-corrected chi connectivity index (χ3v) is 10.7. The molecule has 0 aromatic rings. The fraction of sp³-hybridized carbons (Fsp3) is 0.821. The molecule has 0 spiro atoms. The summed E-state index contributed by atoms with van der Waals surface area (Å²) in [6.45, 7) is 13.4. The molecular formula is C28H44O4. The van der Waals surface area contributed by atoms with Crippen LogP contribution in [0.4, 0.5) is 0 Å². The summed E-state index contributed by atoms with van der Waals surface area (Å²) in [7, 11) is 0. The Morgan fingerprint density at radius 1 is 0.969 bits per heavy atom. The molecule has 3 N–H and O–H groups in total. The highest BCUT2D eigenvalue weighted by atomic mass is 16.3. The Hall–Kier alpha value is -0.970. The van der Waals surface area contributed by atoms with Crippen LogP contribution in [-0.2, 0) is 4.79 Å². The number of hydrogen-bond acceptors (Lipinski definition) is 4. The van der Waals surface area contributed by atoms with Gasteiger partial charge in [0.05, 0.1) is 11.7 Å². The molecule has 0 amide bonds. The lowest BCUT2D eigenvalue weighted by molar-refractivity contribution is -0.223. The molecule has 4 rings (SSSR count). The number of hydrogen-bond donors (Lipinski definition) is 3. The van der Waals surface area contributed by atoms with Gasteiger partial charge in [0.2, 0.25) is 0 Å². The van der Waals surface area contributed by atoms with Gasteiger partial charge in [-0.25, -0.2) is 0 Å². The predicted octanol–water partition coefficient (Wildman–Crippen LogP) is 4.82. The van der Waals surface area contributed by atoms with E-state index in [1.807, 2.05) is 6.92 Å². The van der Waals surface area contributed by atoms with Gasteiger partial charge in [0.25, 0.3) is 0 Å². The Kier molecular flexibility index (Phi) is 5.88. The average molecular weight is 445 g/mol. The van der Waals surface area contributed by atoms with Crippen molar-refractivity contribution in [3.05, 3.63) is 23.8 Å². The van der Waals surface area contributed by atoms with E-state index in [2.05, 4.69) is 46.8 Å². The third-order valence-electron chi connectivity index (χ3n) is 10.7. The largest absolute Gasteiger partial charge is 0.393 e. The van der Waals surface area contributed by atoms with Crippen LogP contribution in [0.3, 0.4) is 0 Å². The Labute approximate surface area is 194 Å². The molecule has 0 saturated heterocycles. The molecule has 0 aromatic heterocycles. The van der Waals surface area contributed by atoms with E-state index in [1.54, 1.807) is 6.08 Å². The fourth-order valence-corrected chi connectivity index (χ4v) is 7.91. The van der Waals surface area contributed by atoms with Crippen LogP contribution in [0.5, 0.6) is 0 Å². The van der Waals surface area contributed by atoms with Crippen LogP contribution in [0.25, 0.3) is 0 Å². The van der Waals surface area contributed by atoms with E-state index in [0.29, 0.717) is 42.9 Å². The van der Waals surface area contributed by atoms with Gasteiger partial charge >= 0.3 is 0 Å². The van der Waals surface area contributed by atoms with Gasteiger partial charge in [0, 0.05) is 11.8 Å². The SMILES string of the molecule is CC(C)[C@@H](C)/C=C\[C@@H](C)[C@H]1CC[C@H]2C3=CC(=O)[C@@]4(O)C[C@@H](O)CC[C@]4(C)[C@@]3(O)CC[C@]12C. The lowest BCUT2D eigenvalue weighted by Crippen LogP contribution is -2.71. The predicted molar refractivity (Wildman–Crippen MR) is 127 cm³/mol. The number of carbonyl (C=O) groups is 1. The maximum atomic E-state index is 13.3. The normalized spacial score (nSPS) is 48.2. The van der Waals surface area contributed by atoms with Gasteiger partial charge in [-0.3, -0.25) is 4.79 Å². The molecule has 32 heavy (non-hydrogen) atoms. The number of rotatable bonds is 4. The van der Waals surface area contributed by atoms with Gasteiger partial charge < -0.3 is 15.3 Å². The van der Waals surface area contributed by atoms with Crippen LogP contribution in [-0.4, -0.2) is 38.4 Å². The number of fused-ring (bicyclic) bond motifs is 5. The first-order valence-corrected chi connectivity index (χ1v) is 12.9. The second kappa shape index (κ2) is 7.78. The van der Waals surface area contributed by atoms with Gasteiger partial charge in [0.15, 0.2) is 5.78 Å². The van der Waals surface area contributed by atoms with Gasteiger partial charge in [-0.05, 0) is 85.2 Å². The highest BCUT2D eigenvalue weighted by molar-refractivity contribution is 6.00. The quantitative estimate of drug-likeness (QED) is 0.543. The molecular weight excluding hydrogens is 400 g/mol. The van der Waals surface area contributed by atoms with Crippen LogP contribution in [0.15, 0.2) is 23.8 Å². The van der Waals surface area contributed by atoms with Crippen molar-refractivity contribution in [3.63, 3.8) is 0 Å². The topological polar surface area (TPSA) is 77.8 Å². The standard InChI is InChI=1S/C28H44O4/c1-17(2)18(3)7-8-19(4)21-9-10-22-23-15-24(30)28(32)16-20(29)11-12-26(28,6)27(23,31)14-13-25(21,22)5/h7-8,15,17-22,29,31-32H,9-14,16H2,1-6H3/b8-7-/t18-,19+,20-,21+,22-,25+,26+,27+,28-/m0/s1. The van der Waals surface area contributed by atoms with Gasteiger partial charge in [-0.15, -0.1) is 0 Å². The molecule has 9 atom stereocenters. The Bertz CT molecular complexity index is 829. The lowest BCUT2D eigenvalue weighted by atomic mass is 9.43. The van der Waals surface area contributed by atoms with Crippen LogP contribution in [0, 0.1) is 40.4 Å². The van der Waals surface area contributed by atoms with E-state index >= 15 is 0 Å². The summed E-state index contributed by atoms with van der Waals surface area (Å²) >= 11 is 0. The lowest BCUT2D eigenvalue weighted by Gasteiger charge is -2.63. The van der Waals surface area contributed by atoms with Crippen molar-refractivity contribution >= 4 is 5.78 Å². The summed E-state index contributed by atoms with van der Waals surface area (Å²) in [6.07, 6.45) is 10.2. The first kappa shape index (κ1) is 24.2. The second-order valence-corrected chi connectivity index (χ2v) is 12.5. The zero-order valence-corrected chi connectivity index (χ0v) is 20.9. The number of aliphatic hydroxyl groups is 3. The van der Waals surface area contributed by atoms with E-state index in [-0.39, 0.29) is 23.5 Å².